The quantitative estimate of drug-likeness (QED) is 0.692. The lowest BCUT2D eigenvalue weighted by Crippen LogP contribution is -2.67. The first-order valence-electron chi connectivity index (χ1n) is 9.92. The Morgan fingerprint density at radius 3 is 2.55 bits per heavy atom. The van der Waals surface area contributed by atoms with Gasteiger partial charge in [-0.15, -0.1) is 0 Å². The molecule has 0 spiro atoms. The number of rotatable bonds is 5. The number of hydrogen-bond acceptors (Lipinski definition) is 8. The van der Waals surface area contributed by atoms with Crippen LogP contribution in [-0.4, -0.2) is 68.7 Å². The highest BCUT2D eigenvalue weighted by atomic mass is 16.7. The zero-order chi connectivity index (χ0) is 20.6. The maximum absolute atomic E-state index is 13.3. The van der Waals surface area contributed by atoms with Crippen LogP contribution in [-0.2, 0) is 28.5 Å². The van der Waals surface area contributed by atoms with Gasteiger partial charge in [0.2, 0.25) is 0 Å². The van der Waals surface area contributed by atoms with Crippen LogP contribution in [0, 0.1) is 23.2 Å². The molecule has 1 saturated carbocycles. The van der Waals surface area contributed by atoms with Crippen molar-refractivity contribution in [1.82, 2.24) is 0 Å². The van der Waals surface area contributed by atoms with Crippen molar-refractivity contribution >= 4 is 5.97 Å². The predicted octanol–water partition coefficient (Wildman–Crippen LogP) is 0.868. The summed E-state index contributed by atoms with van der Waals surface area (Å²) in [6.07, 6.45) is -2.25. The van der Waals surface area contributed by atoms with Crippen LogP contribution < -0.4 is 0 Å². The lowest BCUT2D eigenvalue weighted by Gasteiger charge is -2.54. The standard InChI is InChI=1S/C21H28O8/c1-25-19-16-13(9-22)8-14(10-23)21(16,20(24)26-2)17-15(28-19)11-27-18(29-17)12-6-4-3-5-7-12/h3-7,13-19,22-23H,8-11H2,1-2H3/t13-,14+,15-,16-,17-,18-,19+,21+/m1/s1. The van der Waals surface area contributed by atoms with E-state index in [4.69, 9.17) is 23.7 Å². The first-order chi connectivity index (χ1) is 14.1. The van der Waals surface area contributed by atoms with Crippen LogP contribution in [0.3, 0.4) is 0 Å². The molecule has 160 valence electrons. The maximum Gasteiger partial charge on any atom is 0.315 e. The second-order valence-electron chi connectivity index (χ2n) is 7.92. The fourth-order valence-corrected chi connectivity index (χ4v) is 5.55. The molecule has 2 aliphatic heterocycles. The topological polar surface area (TPSA) is 104 Å². The fraction of sp³-hybridized carbons (Fsp3) is 0.667. The number of ether oxygens (including phenoxy) is 5. The number of aliphatic hydroxyl groups is 2. The predicted molar refractivity (Wildman–Crippen MR) is 99.4 cm³/mol. The van der Waals surface area contributed by atoms with Crippen molar-refractivity contribution in [2.75, 3.05) is 34.0 Å². The Labute approximate surface area is 169 Å². The number of fused-ring (bicyclic) bond motifs is 3. The Morgan fingerprint density at radius 2 is 1.93 bits per heavy atom. The fourth-order valence-electron chi connectivity index (χ4n) is 5.55. The van der Waals surface area contributed by atoms with Crippen LogP contribution in [0.15, 0.2) is 30.3 Å². The maximum atomic E-state index is 13.3. The van der Waals surface area contributed by atoms with Gasteiger partial charge in [0.25, 0.3) is 0 Å². The van der Waals surface area contributed by atoms with E-state index in [1.54, 1.807) is 0 Å². The smallest absolute Gasteiger partial charge is 0.315 e. The molecule has 4 rings (SSSR count). The summed E-state index contributed by atoms with van der Waals surface area (Å²) >= 11 is 0. The van der Waals surface area contributed by atoms with Crippen molar-refractivity contribution < 1.29 is 38.7 Å². The summed E-state index contributed by atoms with van der Waals surface area (Å²) in [5, 5.41) is 20.2. The van der Waals surface area contributed by atoms with Gasteiger partial charge in [0.15, 0.2) is 12.6 Å². The number of aliphatic hydroxyl groups excluding tert-OH is 2. The summed E-state index contributed by atoms with van der Waals surface area (Å²) < 4.78 is 29.2. The van der Waals surface area contributed by atoms with E-state index in [1.807, 2.05) is 30.3 Å². The van der Waals surface area contributed by atoms with Crippen LogP contribution in [0.25, 0.3) is 0 Å². The van der Waals surface area contributed by atoms with Crippen molar-refractivity contribution in [3.8, 4) is 0 Å². The third-order valence-electron chi connectivity index (χ3n) is 6.71. The number of benzene rings is 1. The average Bonchev–Trinajstić information content (AvgIpc) is 3.14. The zero-order valence-corrected chi connectivity index (χ0v) is 16.6. The molecule has 2 heterocycles. The summed E-state index contributed by atoms with van der Waals surface area (Å²) in [5.74, 6) is -1.75. The van der Waals surface area contributed by atoms with Crippen molar-refractivity contribution in [2.24, 2.45) is 23.2 Å². The van der Waals surface area contributed by atoms with Gasteiger partial charge in [0.1, 0.15) is 17.6 Å². The lowest BCUT2D eigenvalue weighted by atomic mass is 9.63. The van der Waals surface area contributed by atoms with Crippen molar-refractivity contribution in [3.05, 3.63) is 35.9 Å². The van der Waals surface area contributed by atoms with Crippen LogP contribution in [0.2, 0.25) is 0 Å². The number of methoxy groups -OCH3 is 2. The number of carbonyl (C=O) groups excluding carboxylic acids is 1. The molecule has 0 bridgehead atoms. The van der Waals surface area contributed by atoms with E-state index in [2.05, 4.69) is 0 Å². The molecule has 0 unspecified atom stereocenters. The van der Waals surface area contributed by atoms with Gasteiger partial charge in [-0.25, -0.2) is 0 Å². The van der Waals surface area contributed by atoms with Gasteiger partial charge in [-0.05, 0) is 12.3 Å². The highest BCUT2D eigenvalue weighted by Crippen LogP contribution is 2.61. The third-order valence-corrected chi connectivity index (χ3v) is 6.71. The van der Waals surface area contributed by atoms with Crippen LogP contribution in [0.4, 0.5) is 0 Å². The van der Waals surface area contributed by atoms with Crippen molar-refractivity contribution in [1.29, 1.82) is 0 Å². The molecule has 29 heavy (non-hydrogen) atoms. The molecule has 2 saturated heterocycles. The van der Waals surface area contributed by atoms with Gasteiger partial charge in [0, 0.05) is 37.7 Å². The molecule has 2 N–H and O–H groups in total. The monoisotopic (exact) mass is 408 g/mol. The minimum Gasteiger partial charge on any atom is -0.468 e. The molecule has 1 aromatic rings. The Balaban J connectivity index is 1.79. The van der Waals surface area contributed by atoms with Gasteiger partial charge < -0.3 is 33.9 Å². The Bertz CT molecular complexity index is 712. The number of carbonyl (C=O) groups is 1. The molecule has 8 nitrogen and oxygen atoms in total. The minimum atomic E-state index is -1.21. The van der Waals surface area contributed by atoms with Gasteiger partial charge in [-0.2, -0.15) is 0 Å². The first kappa shape index (κ1) is 20.7. The summed E-state index contributed by atoms with van der Waals surface area (Å²) in [5.41, 5.74) is -0.384. The molecular formula is C21H28O8. The van der Waals surface area contributed by atoms with Gasteiger partial charge in [-0.3, -0.25) is 4.79 Å². The Kier molecular flexibility index (Phi) is 5.92. The Morgan fingerprint density at radius 1 is 1.17 bits per heavy atom. The number of hydrogen-bond donors (Lipinski definition) is 2. The van der Waals surface area contributed by atoms with Crippen LogP contribution >= 0.6 is 0 Å². The molecular weight excluding hydrogens is 380 g/mol. The Hall–Kier alpha value is -1.55. The van der Waals surface area contributed by atoms with Gasteiger partial charge in [-0.1, -0.05) is 30.3 Å². The first-order valence-corrected chi connectivity index (χ1v) is 9.92. The molecule has 0 amide bonds. The van der Waals surface area contributed by atoms with E-state index >= 15 is 0 Å². The third kappa shape index (κ3) is 3.10. The molecule has 8 atom stereocenters. The van der Waals surface area contributed by atoms with E-state index in [-0.39, 0.29) is 25.7 Å². The van der Waals surface area contributed by atoms with E-state index in [1.165, 1.54) is 14.2 Å². The van der Waals surface area contributed by atoms with Crippen LogP contribution in [0.1, 0.15) is 18.3 Å². The SMILES string of the molecule is COC(=O)[C@@]12[C@H](CO)C[C@H](CO)[C@@H]1[C@@H](OC)O[C@@H]1CO[C@@H](c3ccccc3)O[C@H]12. The van der Waals surface area contributed by atoms with E-state index < -0.39 is 48.0 Å². The van der Waals surface area contributed by atoms with Gasteiger partial charge >= 0.3 is 5.97 Å². The second-order valence-corrected chi connectivity index (χ2v) is 7.92. The summed E-state index contributed by atoms with van der Waals surface area (Å²) in [4.78, 5) is 13.3. The van der Waals surface area contributed by atoms with E-state index in [0.29, 0.717) is 6.42 Å². The van der Waals surface area contributed by atoms with Crippen molar-refractivity contribution in [3.63, 3.8) is 0 Å². The molecule has 0 aromatic heterocycles. The number of esters is 1. The molecule has 8 heteroatoms. The highest BCUT2D eigenvalue weighted by Gasteiger charge is 2.72. The zero-order valence-electron chi connectivity index (χ0n) is 16.6. The minimum absolute atomic E-state index is 0.154. The van der Waals surface area contributed by atoms with E-state index in [0.717, 1.165) is 5.56 Å². The normalized spacial score (nSPS) is 41.4. The van der Waals surface area contributed by atoms with E-state index in [9.17, 15) is 15.0 Å². The van der Waals surface area contributed by atoms with Crippen molar-refractivity contribution in [2.45, 2.75) is 31.2 Å². The molecule has 3 fully saturated rings. The lowest BCUT2D eigenvalue weighted by molar-refractivity contribution is -0.363. The molecule has 1 aromatic carbocycles. The highest BCUT2D eigenvalue weighted by molar-refractivity contribution is 5.79. The molecule has 3 aliphatic rings. The average molecular weight is 408 g/mol. The second kappa shape index (κ2) is 8.29. The van der Waals surface area contributed by atoms with Gasteiger partial charge in [0.05, 0.1) is 13.7 Å². The molecule has 0 radical (unpaired) electrons. The van der Waals surface area contributed by atoms with Crippen LogP contribution in [0.5, 0.6) is 0 Å². The molecule has 1 aliphatic carbocycles. The summed E-state index contributed by atoms with van der Waals surface area (Å²) in [7, 11) is 2.83. The summed E-state index contributed by atoms with van der Waals surface area (Å²) in [6.45, 7) is -0.182. The largest absolute Gasteiger partial charge is 0.468 e. The summed E-state index contributed by atoms with van der Waals surface area (Å²) in [6, 6.07) is 9.46.